The first-order valence-corrected chi connectivity index (χ1v) is 9.59. The van der Waals surface area contributed by atoms with Crippen molar-refractivity contribution in [2.75, 3.05) is 25.6 Å². The van der Waals surface area contributed by atoms with Gasteiger partial charge in [-0.2, -0.15) is 0 Å². The molecule has 0 aromatic heterocycles. The molecule has 140 valence electrons. The van der Waals surface area contributed by atoms with Gasteiger partial charge in [0.15, 0.2) is 0 Å². The van der Waals surface area contributed by atoms with Gasteiger partial charge in [0.25, 0.3) is 5.91 Å². The molecule has 2 aromatic rings. The van der Waals surface area contributed by atoms with E-state index in [-0.39, 0.29) is 11.9 Å². The fourth-order valence-electron chi connectivity index (χ4n) is 4.28. The van der Waals surface area contributed by atoms with Crippen LogP contribution in [0.15, 0.2) is 54.6 Å². The second kappa shape index (κ2) is 7.57. The molecule has 2 aromatic carbocycles. The lowest BCUT2D eigenvalue weighted by Crippen LogP contribution is -2.33. The Bertz CT molecular complexity index is 857. The quantitative estimate of drug-likeness (QED) is 0.619. The van der Waals surface area contributed by atoms with E-state index in [1.54, 1.807) is 7.11 Å². The predicted molar refractivity (Wildman–Crippen MR) is 108 cm³/mol. The number of para-hydroxylation sites is 1. The highest BCUT2D eigenvalue weighted by Gasteiger charge is 2.39. The average molecular weight is 362 g/mol. The van der Waals surface area contributed by atoms with E-state index in [4.69, 9.17) is 4.74 Å². The molecule has 27 heavy (non-hydrogen) atoms. The van der Waals surface area contributed by atoms with Crippen molar-refractivity contribution in [2.24, 2.45) is 5.92 Å². The summed E-state index contributed by atoms with van der Waals surface area (Å²) in [6, 6.07) is 15.0. The lowest BCUT2D eigenvalue weighted by molar-refractivity contribution is 0.0937. The van der Waals surface area contributed by atoms with E-state index in [1.807, 2.05) is 12.1 Å². The second-order valence-electron chi connectivity index (χ2n) is 7.40. The Labute approximate surface area is 160 Å². The molecule has 1 aliphatic heterocycles. The summed E-state index contributed by atoms with van der Waals surface area (Å²) in [5.41, 5.74) is 5.43. The molecule has 3 atom stereocenters. The number of amides is 1. The minimum absolute atomic E-state index is 0.0560. The fraction of sp³-hybridized carbons (Fsp3) is 0.348. The van der Waals surface area contributed by atoms with E-state index in [0.29, 0.717) is 30.6 Å². The number of benzene rings is 2. The fourth-order valence-corrected chi connectivity index (χ4v) is 4.28. The van der Waals surface area contributed by atoms with Crippen molar-refractivity contribution >= 4 is 11.6 Å². The largest absolute Gasteiger partial charge is 0.383 e. The maximum absolute atomic E-state index is 12.7. The molecule has 1 amide bonds. The van der Waals surface area contributed by atoms with Gasteiger partial charge in [0.1, 0.15) is 0 Å². The molecule has 4 rings (SSSR count). The molecule has 0 fully saturated rings. The number of allylic oxidation sites excluding steroid dienone is 2. The summed E-state index contributed by atoms with van der Waals surface area (Å²) >= 11 is 0. The number of fused-ring (bicyclic) bond motifs is 3. The number of hydrogen-bond acceptors (Lipinski definition) is 3. The van der Waals surface area contributed by atoms with Gasteiger partial charge < -0.3 is 15.4 Å². The maximum Gasteiger partial charge on any atom is 0.253 e. The molecule has 2 N–H and O–H groups in total. The van der Waals surface area contributed by atoms with E-state index in [2.05, 4.69) is 60.0 Å². The number of carbonyl (C=O) groups is 1. The second-order valence-corrected chi connectivity index (χ2v) is 7.40. The summed E-state index contributed by atoms with van der Waals surface area (Å²) in [7, 11) is 1.64. The molecule has 0 spiro atoms. The number of anilines is 1. The molecular formula is C23H26N2O2. The van der Waals surface area contributed by atoms with Gasteiger partial charge in [0, 0.05) is 19.6 Å². The third-order valence-electron chi connectivity index (χ3n) is 5.67. The molecule has 3 unspecified atom stereocenters. The van der Waals surface area contributed by atoms with Gasteiger partial charge in [-0.15, -0.1) is 0 Å². The van der Waals surface area contributed by atoms with Crippen LogP contribution in [-0.4, -0.2) is 26.2 Å². The zero-order valence-electron chi connectivity index (χ0n) is 15.9. The number of methoxy groups -OCH3 is 1. The Hall–Kier alpha value is -2.59. The first kappa shape index (κ1) is 17.8. The van der Waals surface area contributed by atoms with Crippen LogP contribution in [0.4, 0.5) is 5.69 Å². The number of nitrogens with one attached hydrogen (secondary N) is 2. The lowest BCUT2D eigenvalue weighted by atomic mass is 9.76. The minimum Gasteiger partial charge on any atom is -0.383 e. The zero-order valence-corrected chi connectivity index (χ0v) is 15.9. The molecule has 0 saturated heterocycles. The van der Waals surface area contributed by atoms with E-state index in [9.17, 15) is 4.79 Å². The highest BCUT2D eigenvalue weighted by Crippen LogP contribution is 2.50. The Balaban J connectivity index is 1.70. The summed E-state index contributed by atoms with van der Waals surface area (Å²) in [5, 5.41) is 6.66. The first-order chi connectivity index (χ1) is 13.2. The summed E-state index contributed by atoms with van der Waals surface area (Å²) < 4.78 is 5.04. The molecule has 0 bridgehead atoms. The molecule has 0 saturated carbocycles. The molecule has 0 radical (unpaired) electrons. The molecule has 4 nitrogen and oxygen atoms in total. The Morgan fingerprint density at radius 2 is 2.04 bits per heavy atom. The lowest BCUT2D eigenvalue weighted by Gasteiger charge is -2.38. The van der Waals surface area contributed by atoms with Gasteiger partial charge in [0.2, 0.25) is 0 Å². The van der Waals surface area contributed by atoms with Crippen molar-refractivity contribution < 1.29 is 9.53 Å². The van der Waals surface area contributed by atoms with Gasteiger partial charge in [-0.05, 0) is 36.5 Å². The summed E-state index contributed by atoms with van der Waals surface area (Å²) in [4.78, 5) is 12.7. The Morgan fingerprint density at radius 3 is 2.81 bits per heavy atom. The molecule has 1 heterocycles. The van der Waals surface area contributed by atoms with Crippen molar-refractivity contribution in [2.45, 2.75) is 25.3 Å². The van der Waals surface area contributed by atoms with E-state index in [1.165, 1.54) is 16.7 Å². The van der Waals surface area contributed by atoms with Crippen LogP contribution in [-0.2, 0) is 4.74 Å². The van der Waals surface area contributed by atoms with E-state index < -0.39 is 0 Å². The van der Waals surface area contributed by atoms with Crippen LogP contribution < -0.4 is 10.6 Å². The average Bonchev–Trinajstić information content (AvgIpc) is 3.18. The number of carbonyl (C=O) groups excluding carboxylic acids is 1. The summed E-state index contributed by atoms with van der Waals surface area (Å²) in [6.45, 7) is 3.12. The van der Waals surface area contributed by atoms with Gasteiger partial charge in [-0.25, -0.2) is 0 Å². The standard InChI is InChI=1S/C23H26N2O2/c1-15-9-11-16(12-10-15)21-18-6-3-5-17(18)19-7-4-8-20(22(19)25-21)23(26)24-13-14-27-2/h3-5,7-12,17-18,21,25H,6,13-14H2,1-2H3,(H,24,26). The Kier molecular flexibility index (Phi) is 4.99. The van der Waals surface area contributed by atoms with Gasteiger partial charge >= 0.3 is 0 Å². The van der Waals surface area contributed by atoms with E-state index >= 15 is 0 Å². The van der Waals surface area contributed by atoms with Crippen LogP contribution in [0.2, 0.25) is 0 Å². The topological polar surface area (TPSA) is 50.4 Å². The van der Waals surface area contributed by atoms with Crippen LogP contribution in [0, 0.1) is 12.8 Å². The Morgan fingerprint density at radius 1 is 1.22 bits per heavy atom. The summed E-state index contributed by atoms with van der Waals surface area (Å²) in [5.74, 6) is 0.769. The van der Waals surface area contributed by atoms with Gasteiger partial charge in [-0.1, -0.05) is 54.1 Å². The van der Waals surface area contributed by atoms with Crippen LogP contribution in [0.5, 0.6) is 0 Å². The molecule has 4 heteroatoms. The normalized spacial score (nSPS) is 22.7. The van der Waals surface area contributed by atoms with Crippen LogP contribution in [0.3, 0.4) is 0 Å². The monoisotopic (exact) mass is 362 g/mol. The van der Waals surface area contributed by atoms with Crippen LogP contribution in [0.1, 0.15) is 45.4 Å². The van der Waals surface area contributed by atoms with E-state index in [0.717, 1.165) is 12.1 Å². The third-order valence-corrected chi connectivity index (χ3v) is 5.67. The van der Waals surface area contributed by atoms with Crippen molar-refractivity contribution in [1.82, 2.24) is 5.32 Å². The van der Waals surface area contributed by atoms with Crippen LogP contribution >= 0.6 is 0 Å². The van der Waals surface area contributed by atoms with Gasteiger partial charge in [0.05, 0.1) is 23.9 Å². The highest BCUT2D eigenvalue weighted by molar-refractivity contribution is 6.00. The van der Waals surface area contributed by atoms with Crippen molar-refractivity contribution in [1.29, 1.82) is 0 Å². The maximum atomic E-state index is 12.7. The SMILES string of the molecule is COCCNC(=O)c1cccc2c1NC(c1ccc(C)cc1)C1CC=CC21. The number of rotatable bonds is 5. The smallest absolute Gasteiger partial charge is 0.253 e. The van der Waals surface area contributed by atoms with Crippen molar-refractivity contribution in [3.05, 3.63) is 76.9 Å². The summed E-state index contributed by atoms with van der Waals surface area (Å²) in [6.07, 6.45) is 5.64. The third kappa shape index (κ3) is 3.37. The minimum atomic E-state index is -0.0560. The predicted octanol–water partition coefficient (Wildman–Crippen LogP) is 4.20. The number of ether oxygens (including phenoxy) is 1. The molecule has 1 aliphatic carbocycles. The molecule has 2 aliphatic rings. The highest BCUT2D eigenvalue weighted by atomic mass is 16.5. The first-order valence-electron chi connectivity index (χ1n) is 9.59. The zero-order chi connectivity index (χ0) is 18.8. The van der Waals surface area contributed by atoms with Gasteiger partial charge in [-0.3, -0.25) is 4.79 Å². The molecular weight excluding hydrogens is 336 g/mol. The number of aryl methyl sites for hydroxylation is 1. The van der Waals surface area contributed by atoms with Crippen molar-refractivity contribution in [3.8, 4) is 0 Å². The van der Waals surface area contributed by atoms with Crippen molar-refractivity contribution in [3.63, 3.8) is 0 Å². The van der Waals surface area contributed by atoms with Crippen LogP contribution in [0.25, 0.3) is 0 Å². The number of hydrogen-bond donors (Lipinski definition) is 2.